The summed E-state index contributed by atoms with van der Waals surface area (Å²) in [6.07, 6.45) is 6.97. The van der Waals surface area contributed by atoms with Crippen molar-refractivity contribution in [2.75, 3.05) is 0 Å². The Morgan fingerprint density at radius 2 is 1.88 bits per heavy atom. The van der Waals surface area contributed by atoms with E-state index in [1.165, 1.54) is 5.56 Å². The molecule has 5 nitrogen and oxygen atoms in total. The third-order valence-electron chi connectivity index (χ3n) is 4.05. The predicted molar refractivity (Wildman–Crippen MR) is 97.7 cm³/mol. The Bertz CT molecular complexity index is 846. The lowest BCUT2D eigenvalue weighted by atomic mass is 9.87. The summed E-state index contributed by atoms with van der Waals surface area (Å²) in [5, 5.41) is 2.95. The smallest absolute Gasteiger partial charge is 0.251 e. The first-order valence-corrected chi connectivity index (χ1v) is 8.25. The van der Waals surface area contributed by atoms with E-state index in [1.54, 1.807) is 18.7 Å². The average Bonchev–Trinajstić information content (AvgIpc) is 3.14. The molecule has 0 radical (unpaired) electrons. The van der Waals surface area contributed by atoms with Gasteiger partial charge in [-0.05, 0) is 40.8 Å². The summed E-state index contributed by atoms with van der Waals surface area (Å²) in [6.45, 7) is 6.92. The fourth-order valence-electron chi connectivity index (χ4n) is 2.51. The first-order valence-electron chi connectivity index (χ1n) is 8.25. The molecule has 1 amide bonds. The van der Waals surface area contributed by atoms with E-state index in [-0.39, 0.29) is 11.3 Å². The molecule has 0 spiro atoms. The van der Waals surface area contributed by atoms with E-state index in [4.69, 9.17) is 0 Å². The van der Waals surface area contributed by atoms with Crippen molar-refractivity contribution < 1.29 is 4.79 Å². The van der Waals surface area contributed by atoms with E-state index < -0.39 is 0 Å². The molecule has 0 aliphatic heterocycles. The number of amides is 1. The van der Waals surface area contributed by atoms with Crippen molar-refractivity contribution in [1.29, 1.82) is 0 Å². The van der Waals surface area contributed by atoms with Gasteiger partial charge in [0.05, 0.1) is 0 Å². The molecule has 2 aromatic heterocycles. The maximum Gasteiger partial charge on any atom is 0.251 e. The molecule has 2 heterocycles. The van der Waals surface area contributed by atoms with Crippen LogP contribution in [0.5, 0.6) is 0 Å². The minimum Gasteiger partial charge on any atom is -0.348 e. The molecule has 25 heavy (non-hydrogen) atoms. The minimum atomic E-state index is -0.0820. The van der Waals surface area contributed by atoms with Gasteiger partial charge < -0.3 is 5.32 Å². The SMILES string of the molecule is CC(C)(C)c1ccc(C(=O)NCc2ccnc(-n3ccnc3)c2)cc1. The molecule has 0 aliphatic carbocycles. The molecular formula is C20H22N4O. The van der Waals surface area contributed by atoms with Crippen molar-refractivity contribution in [3.05, 3.63) is 78.0 Å². The van der Waals surface area contributed by atoms with Crippen molar-refractivity contribution in [2.24, 2.45) is 0 Å². The number of nitrogens with one attached hydrogen (secondary N) is 1. The van der Waals surface area contributed by atoms with Crippen LogP contribution in [0.1, 0.15) is 42.3 Å². The van der Waals surface area contributed by atoms with E-state index in [1.807, 2.05) is 47.2 Å². The molecule has 1 aromatic carbocycles. The van der Waals surface area contributed by atoms with Gasteiger partial charge in [-0.25, -0.2) is 9.97 Å². The Morgan fingerprint density at radius 1 is 1.12 bits per heavy atom. The number of nitrogens with zero attached hydrogens (tertiary/aromatic N) is 3. The number of hydrogen-bond donors (Lipinski definition) is 1. The number of hydrogen-bond acceptors (Lipinski definition) is 3. The zero-order valence-electron chi connectivity index (χ0n) is 14.7. The summed E-state index contributed by atoms with van der Waals surface area (Å²) in [6, 6.07) is 11.6. The van der Waals surface area contributed by atoms with Crippen LogP contribution >= 0.6 is 0 Å². The summed E-state index contributed by atoms with van der Waals surface area (Å²) in [7, 11) is 0. The van der Waals surface area contributed by atoms with Crippen LogP contribution in [0.3, 0.4) is 0 Å². The van der Waals surface area contributed by atoms with Gasteiger partial charge in [0.25, 0.3) is 5.91 Å². The van der Waals surface area contributed by atoms with Crippen molar-refractivity contribution in [3.63, 3.8) is 0 Å². The summed E-state index contributed by atoms with van der Waals surface area (Å²) in [4.78, 5) is 20.7. The number of carbonyl (C=O) groups is 1. The molecule has 0 unspecified atom stereocenters. The molecule has 0 bridgehead atoms. The second-order valence-electron chi connectivity index (χ2n) is 7.00. The number of benzene rings is 1. The van der Waals surface area contributed by atoms with Gasteiger partial charge in [-0.2, -0.15) is 0 Å². The van der Waals surface area contributed by atoms with Crippen LogP contribution in [0.2, 0.25) is 0 Å². The highest BCUT2D eigenvalue weighted by atomic mass is 16.1. The monoisotopic (exact) mass is 334 g/mol. The van der Waals surface area contributed by atoms with E-state index in [2.05, 4.69) is 36.1 Å². The fourth-order valence-corrected chi connectivity index (χ4v) is 2.51. The summed E-state index contributed by atoms with van der Waals surface area (Å²) in [5.41, 5.74) is 2.94. The average molecular weight is 334 g/mol. The second-order valence-corrected chi connectivity index (χ2v) is 7.00. The Morgan fingerprint density at radius 3 is 2.52 bits per heavy atom. The van der Waals surface area contributed by atoms with Gasteiger partial charge in [0.15, 0.2) is 0 Å². The molecule has 0 aliphatic rings. The highest BCUT2D eigenvalue weighted by Gasteiger charge is 2.14. The largest absolute Gasteiger partial charge is 0.348 e. The molecular weight excluding hydrogens is 312 g/mol. The third-order valence-corrected chi connectivity index (χ3v) is 4.05. The highest BCUT2D eigenvalue weighted by Crippen LogP contribution is 2.22. The number of pyridine rings is 1. The highest BCUT2D eigenvalue weighted by molar-refractivity contribution is 5.94. The topological polar surface area (TPSA) is 59.8 Å². The maximum atomic E-state index is 12.4. The fraction of sp³-hybridized carbons (Fsp3) is 0.250. The van der Waals surface area contributed by atoms with Gasteiger partial charge in [0.1, 0.15) is 12.1 Å². The lowest BCUT2D eigenvalue weighted by Crippen LogP contribution is -2.23. The third kappa shape index (κ3) is 4.12. The Hall–Kier alpha value is -2.95. The van der Waals surface area contributed by atoms with Crippen LogP contribution in [-0.4, -0.2) is 20.4 Å². The first kappa shape index (κ1) is 16.9. The maximum absolute atomic E-state index is 12.4. The summed E-state index contributed by atoms with van der Waals surface area (Å²) in [5.74, 6) is 0.695. The second kappa shape index (κ2) is 6.89. The molecule has 0 atom stereocenters. The lowest BCUT2D eigenvalue weighted by Gasteiger charge is -2.19. The quantitative estimate of drug-likeness (QED) is 0.794. The molecule has 1 N–H and O–H groups in total. The molecule has 128 valence electrons. The summed E-state index contributed by atoms with van der Waals surface area (Å²) < 4.78 is 1.83. The Kier molecular flexibility index (Phi) is 4.65. The lowest BCUT2D eigenvalue weighted by molar-refractivity contribution is 0.0951. The zero-order chi connectivity index (χ0) is 17.9. The minimum absolute atomic E-state index is 0.0791. The van der Waals surface area contributed by atoms with E-state index in [0.717, 1.165) is 11.4 Å². The van der Waals surface area contributed by atoms with E-state index in [9.17, 15) is 4.79 Å². The van der Waals surface area contributed by atoms with Crippen LogP contribution in [0.4, 0.5) is 0 Å². The van der Waals surface area contributed by atoms with Crippen molar-refractivity contribution in [2.45, 2.75) is 32.7 Å². The molecule has 3 rings (SSSR count). The Balaban J connectivity index is 1.65. The number of carbonyl (C=O) groups excluding carboxylic acids is 1. The van der Waals surface area contributed by atoms with Crippen molar-refractivity contribution in [3.8, 4) is 5.82 Å². The van der Waals surface area contributed by atoms with Gasteiger partial charge in [-0.3, -0.25) is 9.36 Å². The first-order chi connectivity index (χ1) is 11.9. The number of aromatic nitrogens is 3. The number of imidazole rings is 1. The number of rotatable bonds is 4. The molecule has 0 saturated heterocycles. The predicted octanol–water partition coefficient (Wildman–Crippen LogP) is 3.49. The Labute approximate surface area is 147 Å². The molecule has 0 saturated carbocycles. The van der Waals surface area contributed by atoms with Gasteiger partial charge in [0, 0.05) is 30.7 Å². The van der Waals surface area contributed by atoms with Crippen molar-refractivity contribution in [1.82, 2.24) is 19.9 Å². The van der Waals surface area contributed by atoms with Crippen LogP contribution in [0.15, 0.2) is 61.3 Å². The van der Waals surface area contributed by atoms with Gasteiger partial charge >= 0.3 is 0 Å². The van der Waals surface area contributed by atoms with E-state index in [0.29, 0.717) is 12.1 Å². The normalized spacial score (nSPS) is 11.3. The van der Waals surface area contributed by atoms with Crippen LogP contribution in [-0.2, 0) is 12.0 Å². The van der Waals surface area contributed by atoms with Gasteiger partial charge in [-0.15, -0.1) is 0 Å². The zero-order valence-corrected chi connectivity index (χ0v) is 14.7. The molecule has 5 heteroatoms. The van der Waals surface area contributed by atoms with Crippen LogP contribution in [0.25, 0.3) is 5.82 Å². The van der Waals surface area contributed by atoms with Gasteiger partial charge in [-0.1, -0.05) is 32.9 Å². The molecule has 0 fully saturated rings. The van der Waals surface area contributed by atoms with Crippen LogP contribution < -0.4 is 5.32 Å². The van der Waals surface area contributed by atoms with Crippen molar-refractivity contribution >= 4 is 5.91 Å². The van der Waals surface area contributed by atoms with E-state index >= 15 is 0 Å². The summed E-state index contributed by atoms with van der Waals surface area (Å²) >= 11 is 0. The standard InChI is InChI=1S/C20H22N4O/c1-20(2,3)17-6-4-16(5-7-17)19(25)23-13-15-8-9-22-18(12-15)24-11-10-21-14-24/h4-12,14H,13H2,1-3H3,(H,23,25). The molecule has 3 aromatic rings. The van der Waals surface area contributed by atoms with Gasteiger partial charge in [0.2, 0.25) is 0 Å². The van der Waals surface area contributed by atoms with Crippen LogP contribution in [0, 0.1) is 0 Å².